The van der Waals surface area contributed by atoms with Crippen LogP contribution < -0.4 is 4.74 Å². The molecule has 0 spiro atoms. The molecule has 0 radical (unpaired) electrons. The number of aromatic amines is 1. The van der Waals surface area contributed by atoms with Crippen molar-refractivity contribution in [1.29, 1.82) is 0 Å². The molecule has 0 aliphatic carbocycles. The van der Waals surface area contributed by atoms with Crippen LogP contribution >= 0.6 is 11.3 Å². The van der Waals surface area contributed by atoms with E-state index in [1.807, 2.05) is 30.5 Å². The summed E-state index contributed by atoms with van der Waals surface area (Å²) in [6.07, 6.45) is 4.44. The van der Waals surface area contributed by atoms with Crippen LogP contribution in [-0.4, -0.2) is 26.6 Å². The maximum Gasteiger partial charge on any atom is 0.151 e. The molecule has 0 unspecified atom stereocenters. The number of H-pyrrole nitrogens is 1. The van der Waals surface area contributed by atoms with Crippen molar-refractivity contribution in [3.63, 3.8) is 0 Å². The smallest absolute Gasteiger partial charge is 0.151 e. The number of nitrogens with one attached hydrogen (secondary N) is 1. The molecule has 4 aromatic rings. The summed E-state index contributed by atoms with van der Waals surface area (Å²) in [6, 6.07) is 10.1. The minimum atomic E-state index is 0.789. The highest BCUT2D eigenvalue weighted by Crippen LogP contribution is 2.32. The summed E-state index contributed by atoms with van der Waals surface area (Å²) in [5, 5.41) is 2.07. The summed E-state index contributed by atoms with van der Waals surface area (Å²) >= 11 is 1.69. The number of fused-ring (bicyclic) bond motifs is 1. The normalized spacial score (nSPS) is 11.2. The van der Waals surface area contributed by atoms with Crippen LogP contribution in [0.1, 0.15) is 5.82 Å². The monoisotopic (exact) mass is 324 g/mol. The highest BCUT2D eigenvalue weighted by molar-refractivity contribution is 7.13. The largest absolute Gasteiger partial charge is 0.494 e. The van der Waals surface area contributed by atoms with Crippen LogP contribution in [0.4, 0.5) is 0 Å². The highest BCUT2D eigenvalue weighted by Gasteiger charge is 2.16. The van der Waals surface area contributed by atoms with E-state index in [9.17, 15) is 0 Å². The van der Waals surface area contributed by atoms with Gasteiger partial charge in [0.1, 0.15) is 17.1 Å². The number of aryl methyl sites for hydroxylation is 2. The van der Waals surface area contributed by atoms with Gasteiger partial charge in [0.15, 0.2) is 5.82 Å². The van der Waals surface area contributed by atoms with Gasteiger partial charge in [-0.25, -0.2) is 9.97 Å². The number of benzene rings is 1. The molecule has 6 heteroatoms. The molecule has 4 rings (SSSR count). The first-order valence-electron chi connectivity index (χ1n) is 7.42. The molecule has 0 bridgehead atoms. The fourth-order valence-electron chi connectivity index (χ4n) is 2.78. The average Bonchev–Trinajstić information content (AvgIpc) is 3.31. The van der Waals surface area contributed by atoms with Gasteiger partial charge in [-0.3, -0.25) is 0 Å². The average molecular weight is 324 g/mol. The van der Waals surface area contributed by atoms with Gasteiger partial charge in [-0.15, -0.1) is 11.3 Å². The van der Waals surface area contributed by atoms with Crippen LogP contribution in [0.3, 0.4) is 0 Å². The zero-order valence-electron chi connectivity index (χ0n) is 12.7. The van der Waals surface area contributed by atoms with Crippen LogP contribution in [0.25, 0.3) is 21.7 Å². The van der Waals surface area contributed by atoms with E-state index in [1.165, 1.54) is 0 Å². The predicted octanol–water partition coefficient (Wildman–Crippen LogP) is 3.74. The summed E-state index contributed by atoms with van der Waals surface area (Å²) in [7, 11) is 1.70. The number of hydrogen-bond donors (Lipinski definition) is 1. The second-order valence-corrected chi connectivity index (χ2v) is 6.13. The lowest BCUT2D eigenvalue weighted by Gasteiger charge is -2.10. The number of rotatable bonds is 5. The Bertz CT molecular complexity index is 910. The van der Waals surface area contributed by atoms with Crippen molar-refractivity contribution >= 4 is 22.4 Å². The fourth-order valence-corrected chi connectivity index (χ4v) is 3.50. The Morgan fingerprint density at radius 1 is 1.26 bits per heavy atom. The van der Waals surface area contributed by atoms with E-state index < -0.39 is 0 Å². The van der Waals surface area contributed by atoms with Crippen molar-refractivity contribution < 1.29 is 4.74 Å². The zero-order chi connectivity index (χ0) is 15.6. The third kappa shape index (κ3) is 2.51. The highest BCUT2D eigenvalue weighted by atomic mass is 32.1. The fraction of sp³-hybridized carbons (Fsp3) is 0.176. The molecule has 5 nitrogen and oxygen atoms in total. The van der Waals surface area contributed by atoms with E-state index >= 15 is 0 Å². The van der Waals surface area contributed by atoms with Gasteiger partial charge in [0, 0.05) is 25.4 Å². The molecule has 0 saturated carbocycles. The Hall–Kier alpha value is -2.60. The SMILES string of the molecule is COc1cccc2nc(-c3cccs3)n(CCc3ncc[nH]3)c12. The van der Waals surface area contributed by atoms with E-state index in [-0.39, 0.29) is 0 Å². The Balaban J connectivity index is 1.85. The quantitative estimate of drug-likeness (QED) is 0.608. The molecular formula is C17H16N4OS. The molecule has 0 amide bonds. The first-order chi connectivity index (χ1) is 11.4. The molecule has 0 atom stereocenters. The third-order valence-electron chi connectivity index (χ3n) is 3.82. The van der Waals surface area contributed by atoms with E-state index in [1.54, 1.807) is 24.6 Å². The summed E-state index contributed by atoms with van der Waals surface area (Å²) in [5.41, 5.74) is 1.98. The molecule has 3 heterocycles. The topological polar surface area (TPSA) is 55.7 Å². The maximum absolute atomic E-state index is 5.55. The number of hydrogen-bond acceptors (Lipinski definition) is 4. The van der Waals surface area contributed by atoms with Gasteiger partial charge in [-0.1, -0.05) is 12.1 Å². The minimum Gasteiger partial charge on any atom is -0.494 e. The first-order valence-corrected chi connectivity index (χ1v) is 8.30. The van der Waals surface area contributed by atoms with E-state index in [2.05, 4.69) is 26.0 Å². The van der Waals surface area contributed by atoms with Crippen LogP contribution in [-0.2, 0) is 13.0 Å². The number of nitrogens with zero attached hydrogens (tertiary/aromatic N) is 3. The van der Waals surface area contributed by atoms with Gasteiger partial charge in [0.25, 0.3) is 0 Å². The molecule has 0 fully saturated rings. The third-order valence-corrected chi connectivity index (χ3v) is 4.68. The maximum atomic E-state index is 5.55. The van der Waals surface area contributed by atoms with Gasteiger partial charge in [-0.05, 0) is 23.6 Å². The van der Waals surface area contributed by atoms with Crippen LogP contribution in [0.5, 0.6) is 5.75 Å². The minimum absolute atomic E-state index is 0.789. The molecular weight excluding hydrogens is 308 g/mol. The number of para-hydroxylation sites is 1. The molecule has 116 valence electrons. The molecule has 3 aromatic heterocycles. The number of imidazole rings is 2. The summed E-state index contributed by atoms with van der Waals surface area (Å²) < 4.78 is 7.78. The lowest BCUT2D eigenvalue weighted by molar-refractivity contribution is 0.417. The first kappa shape index (κ1) is 14.0. The Morgan fingerprint density at radius 3 is 2.96 bits per heavy atom. The van der Waals surface area contributed by atoms with Gasteiger partial charge in [0.05, 0.1) is 17.5 Å². The second-order valence-electron chi connectivity index (χ2n) is 5.18. The van der Waals surface area contributed by atoms with Gasteiger partial charge < -0.3 is 14.3 Å². The van der Waals surface area contributed by atoms with Crippen LogP contribution in [0, 0.1) is 0 Å². The zero-order valence-corrected chi connectivity index (χ0v) is 13.5. The summed E-state index contributed by atoms with van der Waals surface area (Å²) in [5.74, 6) is 2.79. The number of ether oxygens (including phenoxy) is 1. The Kier molecular flexibility index (Phi) is 3.59. The molecule has 23 heavy (non-hydrogen) atoms. The van der Waals surface area contributed by atoms with Crippen LogP contribution in [0.15, 0.2) is 48.1 Å². The standard InChI is InChI=1S/C17H16N4OS/c1-22-13-5-2-4-12-16(13)21(10-7-15-18-8-9-19-15)17(20-12)14-6-3-11-23-14/h2-6,8-9,11H,7,10H2,1H3,(H,18,19). The van der Waals surface area contributed by atoms with Crippen molar-refractivity contribution in [2.45, 2.75) is 13.0 Å². The number of aromatic nitrogens is 4. The van der Waals surface area contributed by atoms with Gasteiger partial charge in [-0.2, -0.15) is 0 Å². The predicted molar refractivity (Wildman–Crippen MR) is 91.9 cm³/mol. The number of methoxy groups -OCH3 is 1. The molecule has 0 aliphatic heterocycles. The van der Waals surface area contributed by atoms with E-state index in [0.29, 0.717) is 0 Å². The van der Waals surface area contributed by atoms with Crippen molar-refractivity contribution in [3.8, 4) is 16.5 Å². The summed E-state index contributed by atoms with van der Waals surface area (Å²) in [6.45, 7) is 0.789. The van der Waals surface area contributed by atoms with Gasteiger partial charge in [0.2, 0.25) is 0 Å². The van der Waals surface area contributed by atoms with Gasteiger partial charge >= 0.3 is 0 Å². The lowest BCUT2D eigenvalue weighted by Crippen LogP contribution is -2.05. The lowest BCUT2D eigenvalue weighted by atomic mass is 10.3. The van der Waals surface area contributed by atoms with E-state index in [4.69, 9.17) is 9.72 Å². The molecule has 0 saturated heterocycles. The van der Waals surface area contributed by atoms with Crippen molar-refractivity contribution in [2.75, 3.05) is 7.11 Å². The Labute approximate surface area is 137 Å². The summed E-state index contributed by atoms with van der Waals surface area (Å²) in [4.78, 5) is 13.5. The molecule has 0 aliphatic rings. The van der Waals surface area contributed by atoms with E-state index in [0.717, 1.165) is 46.3 Å². The second kappa shape index (κ2) is 5.89. The molecule has 1 N–H and O–H groups in total. The van der Waals surface area contributed by atoms with Crippen molar-refractivity contribution in [2.24, 2.45) is 0 Å². The van der Waals surface area contributed by atoms with Crippen LogP contribution in [0.2, 0.25) is 0 Å². The molecule has 1 aromatic carbocycles. The number of thiophene rings is 1. The van der Waals surface area contributed by atoms with Crippen molar-refractivity contribution in [1.82, 2.24) is 19.5 Å². The van der Waals surface area contributed by atoms with Crippen molar-refractivity contribution in [3.05, 3.63) is 53.9 Å². The Morgan fingerprint density at radius 2 is 2.22 bits per heavy atom.